The zero-order chi connectivity index (χ0) is 7.68. The van der Waals surface area contributed by atoms with Crippen LogP contribution in [0.25, 0.3) is 0 Å². The Morgan fingerprint density at radius 1 is 1.36 bits per heavy atom. The van der Waals surface area contributed by atoms with Crippen LogP contribution in [0.1, 0.15) is 25.7 Å². The van der Waals surface area contributed by atoms with Gasteiger partial charge in [-0.05, 0) is 44.1 Å². The SMILES string of the molecule is [O]CCCNC1CCC2CC21. The fourth-order valence-corrected chi connectivity index (χ4v) is 2.32. The monoisotopic (exact) mass is 154 g/mol. The maximum Gasteiger partial charge on any atom is 0.0834 e. The van der Waals surface area contributed by atoms with Crippen LogP contribution in [0.15, 0.2) is 0 Å². The van der Waals surface area contributed by atoms with Gasteiger partial charge in [0.05, 0.1) is 6.61 Å². The van der Waals surface area contributed by atoms with Crippen LogP contribution in [0.4, 0.5) is 0 Å². The predicted molar refractivity (Wildman–Crippen MR) is 42.8 cm³/mol. The van der Waals surface area contributed by atoms with E-state index in [1.807, 2.05) is 0 Å². The molecule has 3 atom stereocenters. The lowest BCUT2D eigenvalue weighted by Gasteiger charge is -2.12. The lowest BCUT2D eigenvalue weighted by Crippen LogP contribution is -2.30. The number of rotatable bonds is 4. The summed E-state index contributed by atoms with van der Waals surface area (Å²) in [5.41, 5.74) is 0. The highest BCUT2D eigenvalue weighted by Crippen LogP contribution is 2.51. The highest BCUT2D eigenvalue weighted by atomic mass is 16.3. The molecule has 0 heterocycles. The molecule has 2 heteroatoms. The Morgan fingerprint density at radius 2 is 2.27 bits per heavy atom. The van der Waals surface area contributed by atoms with E-state index in [-0.39, 0.29) is 6.61 Å². The smallest absolute Gasteiger partial charge is 0.0834 e. The summed E-state index contributed by atoms with van der Waals surface area (Å²) in [6.07, 6.45) is 5.04. The average Bonchev–Trinajstić information content (AvgIpc) is 2.70. The van der Waals surface area contributed by atoms with Gasteiger partial charge in [-0.15, -0.1) is 0 Å². The molecule has 2 rings (SSSR count). The Balaban J connectivity index is 1.63. The first-order valence-electron chi connectivity index (χ1n) is 4.73. The van der Waals surface area contributed by atoms with E-state index in [9.17, 15) is 5.11 Å². The highest BCUT2D eigenvalue weighted by Gasteiger charge is 2.47. The van der Waals surface area contributed by atoms with Gasteiger partial charge in [0.25, 0.3) is 0 Å². The minimum absolute atomic E-state index is 0.0772. The molecule has 2 aliphatic carbocycles. The van der Waals surface area contributed by atoms with Gasteiger partial charge in [0.1, 0.15) is 0 Å². The first-order valence-corrected chi connectivity index (χ1v) is 4.73. The molecule has 0 amide bonds. The van der Waals surface area contributed by atoms with Gasteiger partial charge in [0, 0.05) is 6.04 Å². The third-order valence-corrected chi connectivity index (χ3v) is 3.07. The molecular weight excluding hydrogens is 138 g/mol. The molecule has 2 aliphatic rings. The fraction of sp³-hybridized carbons (Fsp3) is 1.00. The maximum absolute atomic E-state index is 10.2. The summed E-state index contributed by atoms with van der Waals surface area (Å²) in [5, 5.41) is 13.6. The van der Waals surface area contributed by atoms with Gasteiger partial charge < -0.3 is 5.32 Å². The van der Waals surface area contributed by atoms with Crippen LogP contribution < -0.4 is 5.32 Å². The normalized spacial score (nSPS) is 40.6. The first-order chi connectivity index (χ1) is 5.42. The van der Waals surface area contributed by atoms with E-state index in [1.54, 1.807) is 0 Å². The number of fused-ring (bicyclic) bond motifs is 1. The fourth-order valence-electron chi connectivity index (χ4n) is 2.32. The number of nitrogens with one attached hydrogen (secondary N) is 1. The largest absolute Gasteiger partial charge is 0.314 e. The Kier molecular flexibility index (Phi) is 2.14. The van der Waals surface area contributed by atoms with Gasteiger partial charge in [0.15, 0.2) is 0 Å². The van der Waals surface area contributed by atoms with Gasteiger partial charge >= 0.3 is 0 Å². The lowest BCUT2D eigenvalue weighted by atomic mass is 10.2. The topological polar surface area (TPSA) is 31.9 Å². The molecule has 0 aromatic rings. The predicted octanol–water partition coefficient (Wildman–Crippen LogP) is 1.20. The molecule has 1 N–H and O–H groups in total. The zero-order valence-corrected chi connectivity index (χ0v) is 6.88. The third kappa shape index (κ3) is 1.57. The Bertz CT molecular complexity index is 138. The standard InChI is InChI=1S/C9H16NO/c11-5-1-4-10-9-3-2-7-6-8(7)9/h7-10H,1-6H2. The molecule has 2 fully saturated rings. The van der Waals surface area contributed by atoms with Crippen LogP contribution in [-0.4, -0.2) is 19.2 Å². The van der Waals surface area contributed by atoms with Crippen LogP contribution in [0.5, 0.6) is 0 Å². The van der Waals surface area contributed by atoms with Gasteiger partial charge in [-0.25, -0.2) is 5.11 Å². The van der Waals surface area contributed by atoms with Crippen molar-refractivity contribution in [3.05, 3.63) is 0 Å². The molecule has 63 valence electrons. The Hall–Kier alpha value is -0.0800. The summed E-state index contributed by atoms with van der Waals surface area (Å²) in [7, 11) is 0. The second-order valence-corrected chi connectivity index (χ2v) is 3.86. The summed E-state index contributed by atoms with van der Waals surface area (Å²) >= 11 is 0. The van der Waals surface area contributed by atoms with Crippen LogP contribution in [-0.2, 0) is 5.11 Å². The van der Waals surface area contributed by atoms with Crippen molar-refractivity contribution in [3.8, 4) is 0 Å². The molecule has 0 spiro atoms. The quantitative estimate of drug-likeness (QED) is 0.606. The molecule has 1 radical (unpaired) electrons. The molecule has 0 bridgehead atoms. The Morgan fingerprint density at radius 3 is 2.82 bits per heavy atom. The molecular formula is C9H16NO. The summed E-state index contributed by atoms with van der Waals surface area (Å²) < 4.78 is 0. The van der Waals surface area contributed by atoms with Crippen molar-refractivity contribution >= 4 is 0 Å². The van der Waals surface area contributed by atoms with Crippen molar-refractivity contribution < 1.29 is 5.11 Å². The van der Waals surface area contributed by atoms with Gasteiger partial charge in [0.2, 0.25) is 0 Å². The van der Waals surface area contributed by atoms with E-state index < -0.39 is 0 Å². The van der Waals surface area contributed by atoms with Crippen molar-refractivity contribution in [1.29, 1.82) is 0 Å². The minimum Gasteiger partial charge on any atom is -0.314 e. The second-order valence-electron chi connectivity index (χ2n) is 3.86. The molecule has 2 nitrogen and oxygen atoms in total. The zero-order valence-electron chi connectivity index (χ0n) is 6.88. The van der Waals surface area contributed by atoms with Crippen molar-refractivity contribution in [2.75, 3.05) is 13.2 Å². The molecule has 2 saturated carbocycles. The summed E-state index contributed by atoms with van der Waals surface area (Å²) in [6.45, 7) is 1.02. The van der Waals surface area contributed by atoms with Crippen LogP contribution >= 0.6 is 0 Å². The van der Waals surface area contributed by atoms with Gasteiger partial charge in [-0.1, -0.05) is 0 Å². The molecule has 0 aromatic carbocycles. The highest BCUT2D eigenvalue weighted by molar-refractivity contribution is 5.01. The number of hydrogen-bond donors (Lipinski definition) is 1. The minimum atomic E-state index is 0.0772. The summed E-state index contributed by atoms with van der Waals surface area (Å²) in [5.74, 6) is 2.04. The van der Waals surface area contributed by atoms with Gasteiger partial charge in [-0.2, -0.15) is 0 Å². The molecule has 11 heavy (non-hydrogen) atoms. The first kappa shape index (κ1) is 7.56. The molecule has 0 aromatic heterocycles. The van der Waals surface area contributed by atoms with E-state index in [0.29, 0.717) is 0 Å². The number of hydrogen-bond acceptors (Lipinski definition) is 1. The molecule has 0 saturated heterocycles. The maximum atomic E-state index is 10.2. The van der Waals surface area contributed by atoms with E-state index in [1.165, 1.54) is 19.3 Å². The van der Waals surface area contributed by atoms with Crippen molar-refractivity contribution in [2.45, 2.75) is 31.7 Å². The summed E-state index contributed by atoms with van der Waals surface area (Å²) in [6, 6.07) is 0.770. The van der Waals surface area contributed by atoms with E-state index in [4.69, 9.17) is 0 Å². The van der Waals surface area contributed by atoms with E-state index in [0.717, 1.165) is 30.8 Å². The summed E-state index contributed by atoms with van der Waals surface area (Å²) in [4.78, 5) is 0. The van der Waals surface area contributed by atoms with Crippen LogP contribution in [0.3, 0.4) is 0 Å². The molecule has 3 unspecified atom stereocenters. The van der Waals surface area contributed by atoms with Crippen LogP contribution in [0, 0.1) is 11.8 Å². The van der Waals surface area contributed by atoms with E-state index in [2.05, 4.69) is 5.32 Å². The van der Waals surface area contributed by atoms with Crippen molar-refractivity contribution in [3.63, 3.8) is 0 Å². The van der Waals surface area contributed by atoms with Crippen molar-refractivity contribution in [1.82, 2.24) is 5.32 Å². The molecule has 0 aliphatic heterocycles. The van der Waals surface area contributed by atoms with Crippen molar-refractivity contribution in [2.24, 2.45) is 11.8 Å². The van der Waals surface area contributed by atoms with Gasteiger partial charge in [-0.3, -0.25) is 0 Å². The third-order valence-electron chi connectivity index (χ3n) is 3.07. The average molecular weight is 154 g/mol. The lowest BCUT2D eigenvalue weighted by molar-refractivity contribution is 0.187. The Labute approximate surface area is 68.0 Å². The van der Waals surface area contributed by atoms with E-state index >= 15 is 0 Å². The van der Waals surface area contributed by atoms with Crippen LogP contribution in [0.2, 0.25) is 0 Å². The second kappa shape index (κ2) is 3.11.